The van der Waals surface area contributed by atoms with E-state index < -0.39 is 17.9 Å². The van der Waals surface area contributed by atoms with E-state index in [2.05, 4.69) is 5.32 Å². The van der Waals surface area contributed by atoms with E-state index >= 15 is 0 Å². The molecule has 1 aliphatic heterocycles. The van der Waals surface area contributed by atoms with Crippen molar-refractivity contribution in [2.24, 2.45) is 5.92 Å². The first-order valence-electron chi connectivity index (χ1n) is 8.33. The monoisotopic (exact) mass is 325 g/mol. The first kappa shape index (κ1) is 17.9. The lowest BCUT2D eigenvalue weighted by Crippen LogP contribution is -2.38. The topological polar surface area (TPSA) is 66.4 Å². The van der Waals surface area contributed by atoms with Gasteiger partial charge in [0, 0.05) is 11.5 Å². The Hall–Kier alpha value is -2.46. The maximum atomic E-state index is 12.5. The fraction of sp³-hybridized carbons (Fsp3) is 0.300. The summed E-state index contributed by atoms with van der Waals surface area (Å²) in [5.74, 6) is -1.55. The summed E-state index contributed by atoms with van der Waals surface area (Å²) in [5.41, 5.74) is 2.70. The largest absolute Gasteiger partial charge is 0.480 e. The zero-order valence-corrected chi connectivity index (χ0v) is 14.0. The molecule has 0 saturated carbocycles. The molecule has 2 atom stereocenters. The van der Waals surface area contributed by atoms with E-state index in [1.54, 1.807) is 12.1 Å². The maximum absolute atomic E-state index is 12.5. The summed E-state index contributed by atoms with van der Waals surface area (Å²) in [6, 6.07) is 16.5. The van der Waals surface area contributed by atoms with E-state index in [0.717, 1.165) is 11.1 Å². The summed E-state index contributed by atoms with van der Waals surface area (Å²) in [6.07, 6.45) is 0.566. The van der Waals surface area contributed by atoms with Crippen molar-refractivity contribution in [3.63, 3.8) is 0 Å². The zero-order chi connectivity index (χ0) is 17.5. The molecule has 2 N–H and O–H groups in total. The average Bonchev–Trinajstić information content (AvgIpc) is 3.14. The quantitative estimate of drug-likeness (QED) is 0.843. The minimum Gasteiger partial charge on any atom is -0.480 e. The second-order valence-electron chi connectivity index (χ2n) is 5.47. The Bertz CT molecular complexity index is 680. The number of carbonyl (C=O) groups excluding carboxylic acids is 1. The SMILES string of the molecule is CC.O=C(O)C1NCC[C@@H]1C(=O)c1ccc(-c2ccccc2)cc1. The molecule has 0 spiro atoms. The molecule has 126 valence electrons. The molecule has 1 heterocycles. The van der Waals surface area contributed by atoms with Crippen LogP contribution in [0.5, 0.6) is 0 Å². The Morgan fingerprint density at radius 2 is 1.54 bits per heavy atom. The van der Waals surface area contributed by atoms with E-state index in [0.29, 0.717) is 18.5 Å². The zero-order valence-electron chi connectivity index (χ0n) is 14.0. The van der Waals surface area contributed by atoms with Gasteiger partial charge in [0.25, 0.3) is 0 Å². The van der Waals surface area contributed by atoms with E-state index in [4.69, 9.17) is 5.11 Å². The lowest BCUT2D eigenvalue weighted by Gasteiger charge is -2.14. The second kappa shape index (κ2) is 8.41. The molecule has 0 aromatic heterocycles. The molecular formula is C20H23NO3. The summed E-state index contributed by atoms with van der Waals surface area (Å²) < 4.78 is 0. The number of rotatable bonds is 4. The van der Waals surface area contributed by atoms with Crippen LogP contribution in [0.3, 0.4) is 0 Å². The Balaban J connectivity index is 0.00000100. The summed E-state index contributed by atoms with van der Waals surface area (Å²) in [4.78, 5) is 23.7. The number of hydrogen-bond donors (Lipinski definition) is 2. The average molecular weight is 325 g/mol. The summed E-state index contributed by atoms with van der Waals surface area (Å²) >= 11 is 0. The van der Waals surface area contributed by atoms with Gasteiger partial charge in [-0.05, 0) is 24.1 Å². The van der Waals surface area contributed by atoms with Gasteiger partial charge in [0.15, 0.2) is 5.78 Å². The predicted molar refractivity (Wildman–Crippen MR) is 95.1 cm³/mol. The van der Waals surface area contributed by atoms with Crippen LogP contribution in [0, 0.1) is 5.92 Å². The number of aliphatic carboxylic acids is 1. The molecule has 1 fully saturated rings. The molecule has 3 rings (SSSR count). The van der Waals surface area contributed by atoms with Crippen LogP contribution in [0.15, 0.2) is 54.6 Å². The van der Waals surface area contributed by atoms with Crippen LogP contribution in [0.25, 0.3) is 11.1 Å². The normalized spacial score (nSPS) is 19.2. The van der Waals surface area contributed by atoms with Gasteiger partial charge in [-0.15, -0.1) is 0 Å². The van der Waals surface area contributed by atoms with Gasteiger partial charge in [0.1, 0.15) is 6.04 Å². The Kier molecular flexibility index (Phi) is 6.27. The first-order chi connectivity index (χ1) is 11.7. The molecule has 2 aromatic carbocycles. The van der Waals surface area contributed by atoms with Crippen LogP contribution in [0.2, 0.25) is 0 Å². The molecule has 4 heteroatoms. The van der Waals surface area contributed by atoms with Crippen LogP contribution in [-0.2, 0) is 4.79 Å². The smallest absolute Gasteiger partial charge is 0.321 e. The van der Waals surface area contributed by atoms with Crippen LogP contribution in [-0.4, -0.2) is 29.4 Å². The van der Waals surface area contributed by atoms with Gasteiger partial charge in [0.2, 0.25) is 0 Å². The Morgan fingerprint density at radius 3 is 2.12 bits per heavy atom. The highest BCUT2D eigenvalue weighted by Crippen LogP contribution is 2.24. The van der Waals surface area contributed by atoms with Gasteiger partial charge in [-0.1, -0.05) is 68.4 Å². The molecule has 2 aromatic rings. The lowest BCUT2D eigenvalue weighted by atomic mass is 9.90. The van der Waals surface area contributed by atoms with Crippen molar-refractivity contribution in [3.8, 4) is 11.1 Å². The Labute approximate surface area is 142 Å². The summed E-state index contributed by atoms with van der Waals surface area (Å²) in [7, 11) is 0. The van der Waals surface area contributed by atoms with E-state index in [1.165, 1.54) is 0 Å². The predicted octanol–water partition coefficient (Wildman–Crippen LogP) is 3.63. The number of carboxylic acid groups (broad SMARTS) is 1. The number of carbonyl (C=O) groups is 2. The van der Waals surface area contributed by atoms with Crippen LogP contribution >= 0.6 is 0 Å². The molecule has 0 bridgehead atoms. The minimum absolute atomic E-state index is 0.1000. The maximum Gasteiger partial charge on any atom is 0.321 e. The van der Waals surface area contributed by atoms with Crippen LogP contribution in [0.1, 0.15) is 30.6 Å². The lowest BCUT2D eigenvalue weighted by molar-refractivity contribution is -0.139. The van der Waals surface area contributed by atoms with Crippen molar-refractivity contribution in [1.82, 2.24) is 5.32 Å². The molecule has 24 heavy (non-hydrogen) atoms. The fourth-order valence-electron chi connectivity index (χ4n) is 2.92. The molecular weight excluding hydrogens is 302 g/mol. The molecule has 0 radical (unpaired) electrons. The van der Waals surface area contributed by atoms with Gasteiger partial charge in [-0.25, -0.2) is 0 Å². The third-order valence-corrected chi connectivity index (χ3v) is 4.10. The van der Waals surface area contributed by atoms with Crippen LogP contribution < -0.4 is 5.32 Å². The highest BCUT2D eigenvalue weighted by atomic mass is 16.4. The van der Waals surface area contributed by atoms with Gasteiger partial charge in [-0.2, -0.15) is 0 Å². The van der Waals surface area contributed by atoms with Crippen molar-refractivity contribution < 1.29 is 14.7 Å². The second-order valence-corrected chi connectivity index (χ2v) is 5.47. The van der Waals surface area contributed by atoms with Crippen molar-refractivity contribution in [2.45, 2.75) is 26.3 Å². The fourth-order valence-corrected chi connectivity index (χ4v) is 2.92. The summed E-state index contributed by atoms with van der Waals surface area (Å²) in [6.45, 7) is 4.56. The number of hydrogen-bond acceptors (Lipinski definition) is 3. The third-order valence-electron chi connectivity index (χ3n) is 4.10. The molecule has 1 unspecified atom stereocenters. The molecule has 0 aliphatic carbocycles. The van der Waals surface area contributed by atoms with Crippen molar-refractivity contribution in [2.75, 3.05) is 6.54 Å². The van der Waals surface area contributed by atoms with Crippen molar-refractivity contribution >= 4 is 11.8 Å². The van der Waals surface area contributed by atoms with Gasteiger partial charge in [0.05, 0.1) is 0 Å². The van der Waals surface area contributed by atoms with Gasteiger partial charge in [-0.3, -0.25) is 9.59 Å². The van der Waals surface area contributed by atoms with Crippen molar-refractivity contribution in [1.29, 1.82) is 0 Å². The van der Waals surface area contributed by atoms with Crippen molar-refractivity contribution in [3.05, 3.63) is 60.2 Å². The molecule has 4 nitrogen and oxygen atoms in total. The first-order valence-corrected chi connectivity index (χ1v) is 8.33. The number of carboxylic acids is 1. The molecule has 0 amide bonds. The van der Waals surface area contributed by atoms with E-state index in [1.807, 2.05) is 56.3 Å². The Morgan fingerprint density at radius 1 is 0.958 bits per heavy atom. The standard InChI is InChI=1S/C18H17NO3.C2H6/c20-17(15-10-11-19-16(15)18(21)22)14-8-6-13(7-9-14)12-4-2-1-3-5-12;1-2/h1-9,15-16,19H,10-11H2,(H,21,22);1-2H3/t15-,16?;/m0./s1. The highest BCUT2D eigenvalue weighted by Gasteiger charge is 2.37. The number of ketones is 1. The summed E-state index contributed by atoms with van der Waals surface area (Å²) in [5, 5.41) is 12.0. The highest BCUT2D eigenvalue weighted by molar-refractivity contribution is 6.01. The molecule has 1 aliphatic rings. The van der Waals surface area contributed by atoms with E-state index in [-0.39, 0.29) is 5.78 Å². The minimum atomic E-state index is -0.961. The number of benzene rings is 2. The van der Waals surface area contributed by atoms with Crippen LogP contribution in [0.4, 0.5) is 0 Å². The van der Waals surface area contributed by atoms with Gasteiger partial charge < -0.3 is 10.4 Å². The van der Waals surface area contributed by atoms with E-state index in [9.17, 15) is 9.59 Å². The number of Topliss-reactive ketones (excluding diaryl/α,β-unsaturated/α-hetero) is 1. The number of nitrogens with one attached hydrogen (secondary N) is 1. The third kappa shape index (κ3) is 3.89. The molecule has 1 saturated heterocycles. The van der Waals surface area contributed by atoms with Gasteiger partial charge >= 0.3 is 5.97 Å².